The molecule has 5 nitrogen and oxygen atoms in total. The van der Waals surface area contributed by atoms with Crippen molar-refractivity contribution in [3.05, 3.63) is 205 Å². The molecule has 0 spiro atoms. The van der Waals surface area contributed by atoms with Gasteiger partial charge in [-0.25, -0.2) is 9.98 Å². The van der Waals surface area contributed by atoms with Gasteiger partial charge in [-0.05, 0) is 60.2 Å². The van der Waals surface area contributed by atoms with E-state index in [4.69, 9.17) is 9.98 Å². The summed E-state index contributed by atoms with van der Waals surface area (Å²) in [7, 11) is 0. The van der Waals surface area contributed by atoms with Gasteiger partial charge in [0.25, 0.3) is 0 Å². The molecule has 0 amide bonds. The Kier molecular flexibility index (Phi) is 7.09. The van der Waals surface area contributed by atoms with Crippen molar-refractivity contribution in [1.82, 2.24) is 14.5 Å². The number of hydrogen-bond donors (Lipinski definition) is 1. The van der Waals surface area contributed by atoms with Crippen LogP contribution in [0, 0.1) is 0 Å². The minimum Gasteiger partial charge on any atom is -0.344 e. The Morgan fingerprint density at radius 3 is 1.88 bits per heavy atom. The Labute approximate surface area is 332 Å². The number of thiophene rings is 1. The highest BCUT2D eigenvalue weighted by Gasteiger charge is 2.23. The molecular formula is C51H33N5S. The number of fused-ring (bicyclic) bond motifs is 10. The summed E-state index contributed by atoms with van der Waals surface area (Å²) in [4.78, 5) is 10.1. The Morgan fingerprint density at radius 2 is 1.09 bits per heavy atom. The predicted molar refractivity (Wildman–Crippen MR) is 240 cm³/mol. The van der Waals surface area contributed by atoms with Crippen molar-refractivity contribution in [2.24, 2.45) is 9.98 Å². The van der Waals surface area contributed by atoms with E-state index in [1.165, 1.54) is 63.8 Å². The molecule has 0 aliphatic carbocycles. The van der Waals surface area contributed by atoms with Crippen LogP contribution < -0.4 is 5.32 Å². The minimum atomic E-state index is -0.299. The summed E-state index contributed by atoms with van der Waals surface area (Å²) in [6.07, 6.45) is -0.299. The summed E-state index contributed by atoms with van der Waals surface area (Å²) in [5, 5.41) is 11.3. The van der Waals surface area contributed by atoms with Gasteiger partial charge >= 0.3 is 0 Å². The maximum atomic E-state index is 5.13. The number of hydrogen-bond acceptors (Lipinski definition) is 4. The van der Waals surface area contributed by atoms with Crippen molar-refractivity contribution >= 4 is 86.8 Å². The van der Waals surface area contributed by atoms with Gasteiger partial charge in [-0.15, -0.1) is 11.3 Å². The lowest BCUT2D eigenvalue weighted by Gasteiger charge is -2.24. The number of rotatable bonds is 5. The van der Waals surface area contributed by atoms with Crippen molar-refractivity contribution in [2.45, 2.75) is 6.17 Å². The van der Waals surface area contributed by atoms with Crippen molar-refractivity contribution in [1.29, 1.82) is 0 Å². The molecule has 8 aromatic carbocycles. The van der Waals surface area contributed by atoms with Crippen LogP contribution in [-0.4, -0.2) is 20.8 Å². The molecule has 3 aromatic heterocycles. The van der Waals surface area contributed by atoms with Gasteiger partial charge < -0.3 is 14.5 Å². The minimum absolute atomic E-state index is 0.299. The molecule has 1 aliphatic heterocycles. The van der Waals surface area contributed by atoms with Crippen molar-refractivity contribution in [3.63, 3.8) is 0 Å². The lowest BCUT2D eigenvalue weighted by molar-refractivity contribution is 0.674. The van der Waals surface area contributed by atoms with Gasteiger partial charge in [-0.2, -0.15) is 0 Å². The molecule has 0 fully saturated rings. The van der Waals surface area contributed by atoms with Crippen LogP contribution in [0.3, 0.4) is 0 Å². The third kappa shape index (κ3) is 5.01. The van der Waals surface area contributed by atoms with Gasteiger partial charge in [-0.3, -0.25) is 0 Å². The molecule has 1 atom stereocenters. The van der Waals surface area contributed by atoms with E-state index < -0.39 is 0 Å². The van der Waals surface area contributed by atoms with Gasteiger partial charge in [-0.1, -0.05) is 133 Å². The van der Waals surface area contributed by atoms with Crippen LogP contribution in [0.15, 0.2) is 198 Å². The SMILES string of the molecule is c1ccc(C2=NC(c3ccc(-n4c5ccccc5c5cc6c7c8sc9ccccc9c8ccc7n(-c7ccccc7)c6cc54)cc3)NC(c3ccccc3)=N2)cc1. The highest BCUT2D eigenvalue weighted by Crippen LogP contribution is 2.45. The molecule has 1 N–H and O–H groups in total. The van der Waals surface area contributed by atoms with E-state index in [2.05, 4.69) is 166 Å². The summed E-state index contributed by atoms with van der Waals surface area (Å²) in [6.45, 7) is 0. The Hall–Kier alpha value is -7.28. The largest absolute Gasteiger partial charge is 0.344 e. The van der Waals surface area contributed by atoms with Gasteiger partial charge in [0.15, 0.2) is 5.84 Å². The molecular weight excluding hydrogens is 715 g/mol. The lowest BCUT2D eigenvalue weighted by atomic mass is 10.1. The molecule has 1 unspecified atom stereocenters. The monoisotopic (exact) mass is 747 g/mol. The smallest absolute Gasteiger partial charge is 0.159 e. The normalized spacial score (nSPS) is 14.5. The Bertz CT molecular complexity index is 3410. The fourth-order valence-electron chi connectivity index (χ4n) is 8.76. The van der Waals surface area contributed by atoms with Gasteiger partial charge in [0.2, 0.25) is 0 Å². The second kappa shape index (κ2) is 12.6. The molecule has 0 saturated carbocycles. The van der Waals surface area contributed by atoms with E-state index in [0.717, 1.165) is 39.7 Å². The average molecular weight is 748 g/mol. The first-order chi connectivity index (χ1) is 28.3. The predicted octanol–water partition coefficient (Wildman–Crippen LogP) is 12.7. The van der Waals surface area contributed by atoms with E-state index in [1.807, 2.05) is 47.7 Å². The first-order valence-corrected chi connectivity index (χ1v) is 20.1. The number of aromatic nitrogens is 2. The molecule has 12 rings (SSSR count). The van der Waals surface area contributed by atoms with Gasteiger partial charge in [0.05, 0.1) is 22.1 Å². The molecule has 4 heterocycles. The van der Waals surface area contributed by atoms with Crippen LogP contribution in [0.1, 0.15) is 22.9 Å². The molecule has 1 aliphatic rings. The lowest BCUT2D eigenvalue weighted by Crippen LogP contribution is -2.33. The molecule has 6 heteroatoms. The summed E-state index contributed by atoms with van der Waals surface area (Å²) in [6, 6.07) is 67.2. The quantitative estimate of drug-likeness (QED) is 0.187. The molecule has 57 heavy (non-hydrogen) atoms. The first-order valence-electron chi connectivity index (χ1n) is 19.3. The van der Waals surface area contributed by atoms with Crippen LogP contribution in [0.2, 0.25) is 0 Å². The third-order valence-corrected chi connectivity index (χ3v) is 12.6. The summed E-state index contributed by atoms with van der Waals surface area (Å²) in [5.74, 6) is 1.53. The number of aliphatic imine (C=N–C) groups is 2. The number of amidine groups is 2. The third-order valence-electron chi connectivity index (χ3n) is 11.4. The van der Waals surface area contributed by atoms with Crippen LogP contribution >= 0.6 is 11.3 Å². The maximum Gasteiger partial charge on any atom is 0.159 e. The number of nitrogens with one attached hydrogen (secondary N) is 1. The topological polar surface area (TPSA) is 46.6 Å². The summed E-state index contributed by atoms with van der Waals surface area (Å²) in [5.41, 5.74) is 10.1. The van der Waals surface area contributed by atoms with E-state index in [-0.39, 0.29) is 6.17 Å². The highest BCUT2D eigenvalue weighted by atomic mass is 32.1. The molecule has 11 aromatic rings. The van der Waals surface area contributed by atoms with Crippen molar-refractivity contribution in [2.75, 3.05) is 0 Å². The first kappa shape index (κ1) is 32.0. The maximum absolute atomic E-state index is 5.13. The second-order valence-electron chi connectivity index (χ2n) is 14.6. The van der Waals surface area contributed by atoms with Crippen LogP contribution in [0.5, 0.6) is 0 Å². The van der Waals surface area contributed by atoms with Crippen LogP contribution in [0.4, 0.5) is 0 Å². The number of benzene rings is 8. The highest BCUT2D eigenvalue weighted by molar-refractivity contribution is 7.26. The van der Waals surface area contributed by atoms with E-state index in [0.29, 0.717) is 0 Å². The van der Waals surface area contributed by atoms with E-state index in [9.17, 15) is 0 Å². The summed E-state index contributed by atoms with van der Waals surface area (Å²) < 4.78 is 7.51. The van der Waals surface area contributed by atoms with E-state index >= 15 is 0 Å². The van der Waals surface area contributed by atoms with Crippen LogP contribution in [-0.2, 0) is 0 Å². The molecule has 0 bridgehead atoms. The molecule has 0 radical (unpaired) electrons. The number of nitrogens with zero attached hydrogens (tertiary/aromatic N) is 4. The fraction of sp³-hybridized carbons (Fsp3) is 0.0196. The molecule has 268 valence electrons. The van der Waals surface area contributed by atoms with Crippen molar-refractivity contribution in [3.8, 4) is 11.4 Å². The van der Waals surface area contributed by atoms with Gasteiger partial charge in [0, 0.05) is 64.2 Å². The zero-order chi connectivity index (χ0) is 37.5. The fourth-order valence-corrected chi connectivity index (χ4v) is 10.0. The summed E-state index contributed by atoms with van der Waals surface area (Å²) >= 11 is 1.90. The van der Waals surface area contributed by atoms with Crippen LogP contribution in [0.25, 0.3) is 75.2 Å². The average Bonchev–Trinajstić information content (AvgIpc) is 3.93. The molecule has 0 saturated heterocycles. The number of para-hydroxylation sites is 2. The van der Waals surface area contributed by atoms with Gasteiger partial charge in [0.1, 0.15) is 12.0 Å². The second-order valence-corrected chi connectivity index (χ2v) is 15.7. The Morgan fingerprint density at radius 1 is 0.456 bits per heavy atom. The van der Waals surface area contributed by atoms with E-state index in [1.54, 1.807) is 0 Å². The van der Waals surface area contributed by atoms with Crippen molar-refractivity contribution < 1.29 is 0 Å². The zero-order valence-electron chi connectivity index (χ0n) is 30.7. The zero-order valence-corrected chi connectivity index (χ0v) is 31.5. The Balaban J connectivity index is 1.05. The standard InChI is InChI=1S/C51H33N5S/c1-4-14-32(15-5-1)49-52-50(33-16-6-2-7-17-33)54-51(53-49)34-24-26-36(27-25-34)55-42-22-12-10-20-37(42)40-30-41-45(31-44(40)55)56(35-18-8-3-9-19-35)43-29-28-39-38-21-11-13-23-46(38)57-48(39)47(41)43/h1-31,51H,(H,52,53,54).